The summed E-state index contributed by atoms with van der Waals surface area (Å²) in [6.07, 6.45) is 2.42. The van der Waals surface area contributed by atoms with E-state index in [-0.39, 0.29) is 17.3 Å². The Morgan fingerprint density at radius 3 is 2.82 bits per heavy atom. The summed E-state index contributed by atoms with van der Waals surface area (Å²) < 4.78 is 27.1. The Hall–Kier alpha value is -1.99. The lowest BCUT2D eigenvalue weighted by atomic mass is 10.2. The number of rotatable bonds is 6. The van der Waals surface area contributed by atoms with Crippen molar-refractivity contribution in [2.75, 3.05) is 13.1 Å². The van der Waals surface area contributed by atoms with Crippen molar-refractivity contribution in [1.29, 1.82) is 0 Å². The van der Waals surface area contributed by atoms with Crippen molar-refractivity contribution >= 4 is 26.8 Å². The van der Waals surface area contributed by atoms with E-state index in [1.807, 2.05) is 26.0 Å². The molecule has 0 radical (unpaired) electrons. The number of aryl methyl sites for hydroxylation is 1. The molecule has 0 spiro atoms. The standard InChI is InChI=1S/C15H19N3O3S/c1-3-7-16-14(19)10-18-22(20,21)13-6-4-5-12-8-11(2)9-17-15(12)13/h4-6,8-9,18H,3,7,10H2,1-2H3,(H,16,19). The van der Waals surface area contributed by atoms with Gasteiger partial charge in [-0.1, -0.05) is 19.1 Å². The van der Waals surface area contributed by atoms with Crippen molar-refractivity contribution in [3.63, 3.8) is 0 Å². The van der Waals surface area contributed by atoms with Crippen LogP contribution in [-0.4, -0.2) is 32.4 Å². The summed E-state index contributed by atoms with van der Waals surface area (Å²) in [5, 5.41) is 3.37. The number of pyridine rings is 1. The number of benzene rings is 1. The number of fused-ring (bicyclic) bond motifs is 1. The fraction of sp³-hybridized carbons (Fsp3) is 0.333. The lowest BCUT2D eigenvalue weighted by molar-refractivity contribution is -0.119. The lowest BCUT2D eigenvalue weighted by Gasteiger charge is -2.09. The van der Waals surface area contributed by atoms with Crippen LogP contribution in [-0.2, 0) is 14.8 Å². The summed E-state index contributed by atoms with van der Waals surface area (Å²) in [4.78, 5) is 15.8. The zero-order valence-electron chi connectivity index (χ0n) is 12.6. The zero-order chi connectivity index (χ0) is 16.2. The van der Waals surface area contributed by atoms with Gasteiger partial charge < -0.3 is 5.32 Å². The zero-order valence-corrected chi connectivity index (χ0v) is 13.4. The molecule has 0 aliphatic carbocycles. The molecule has 0 aliphatic rings. The molecule has 0 saturated carbocycles. The van der Waals surface area contributed by atoms with E-state index in [0.717, 1.165) is 17.4 Å². The summed E-state index contributed by atoms with van der Waals surface area (Å²) >= 11 is 0. The van der Waals surface area contributed by atoms with Crippen molar-refractivity contribution in [1.82, 2.24) is 15.0 Å². The predicted octanol–water partition coefficient (Wildman–Crippen LogP) is 1.35. The first-order valence-electron chi connectivity index (χ1n) is 7.06. The SMILES string of the molecule is CCCNC(=O)CNS(=O)(=O)c1cccc2cc(C)cnc12. The largest absolute Gasteiger partial charge is 0.355 e. The van der Waals surface area contributed by atoms with Crippen LogP contribution >= 0.6 is 0 Å². The Balaban J connectivity index is 2.24. The van der Waals surface area contributed by atoms with Crippen LogP contribution in [0.15, 0.2) is 35.4 Å². The van der Waals surface area contributed by atoms with E-state index in [4.69, 9.17) is 0 Å². The van der Waals surface area contributed by atoms with Crippen LogP contribution in [0.25, 0.3) is 10.9 Å². The Bertz CT molecular complexity index is 788. The van der Waals surface area contributed by atoms with E-state index in [1.165, 1.54) is 6.07 Å². The van der Waals surface area contributed by atoms with Crippen LogP contribution in [0.2, 0.25) is 0 Å². The minimum Gasteiger partial charge on any atom is -0.355 e. The van der Waals surface area contributed by atoms with Gasteiger partial charge in [-0.3, -0.25) is 9.78 Å². The fourth-order valence-electron chi connectivity index (χ4n) is 2.02. The monoisotopic (exact) mass is 321 g/mol. The quantitative estimate of drug-likeness (QED) is 0.840. The molecule has 7 heteroatoms. The first-order valence-corrected chi connectivity index (χ1v) is 8.54. The number of aromatic nitrogens is 1. The topological polar surface area (TPSA) is 88.2 Å². The van der Waals surface area contributed by atoms with Crippen LogP contribution in [0.3, 0.4) is 0 Å². The minimum absolute atomic E-state index is 0.0771. The van der Waals surface area contributed by atoms with E-state index in [1.54, 1.807) is 12.3 Å². The number of nitrogens with one attached hydrogen (secondary N) is 2. The van der Waals surface area contributed by atoms with E-state index >= 15 is 0 Å². The number of sulfonamides is 1. The summed E-state index contributed by atoms with van der Waals surface area (Å²) in [5.41, 5.74) is 1.35. The summed E-state index contributed by atoms with van der Waals surface area (Å²) in [5.74, 6) is -0.352. The molecule has 0 saturated heterocycles. The van der Waals surface area contributed by atoms with Gasteiger partial charge in [0.25, 0.3) is 0 Å². The molecule has 2 rings (SSSR count). The molecule has 0 bridgehead atoms. The van der Waals surface area contributed by atoms with Gasteiger partial charge in [-0.15, -0.1) is 0 Å². The molecule has 118 valence electrons. The third-order valence-corrected chi connectivity index (χ3v) is 4.53. The van der Waals surface area contributed by atoms with E-state index in [9.17, 15) is 13.2 Å². The van der Waals surface area contributed by atoms with Crippen molar-refractivity contribution in [3.05, 3.63) is 36.0 Å². The maximum atomic E-state index is 12.4. The molecule has 2 aromatic rings. The van der Waals surface area contributed by atoms with Crippen molar-refractivity contribution in [3.8, 4) is 0 Å². The molecule has 0 atom stereocenters. The Kier molecular flexibility index (Phi) is 5.10. The lowest BCUT2D eigenvalue weighted by Crippen LogP contribution is -2.37. The highest BCUT2D eigenvalue weighted by Crippen LogP contribution is 2.21. The van der Waals surface area contributed by atoms with Crippen LogP contribution in [0.5, 0.6) is 0 Å². The molecule has 22 heavy (non-hydrogen) atoms. The molecule has 6 nitrogen and oxygen atoms in total. The molecule has 1 aromatic heterocycles. The third-order valence-electron chi connectivity index (χ3n) is 3.10. The number of amides is 1. The molecule has 1 amide bonds. The number of para-hydroxylation sites is 1. The van der Waals surface area contributed by atoms with Crippen LogP contribution in [0, 0.1) is 6.92 Å². The summed E-state index contributed by atoms with van der Waals surface area (Å²) in [7, 11) is -3.79. The second-order valence-corrected chi connectivity index (χ2v) is 6.75. The molecule has 0 fully saturated rings. The van der Waals surface area contributed by atoms with E-state index in [2.05, 4.69) is 15.0 Å². The fourth-order valence-corrected chi connectivity index (χ4v) is 3.18. The maximum Gasteiger partial charge on any atom is 0.243 e. The first-order chi connectivity index (χ1) is 10.4. The second kappa shape index (κ2) is 6.85. The number of carbonyl (C=O) groups is 1. The normalized spacial score (nSPS) is 11.5. The molecule has 2 N–H and O–H groups in total. The Morgan fingerprint density at radius 1 is 1.32 bits per heavy atom. The Labute approximate surface area is 130 Å². The highest BCUT2D eigenvalue weighted by molar-refractivity contribution is 7.89. The van der Waals surface area contributed by atoms with Gasteiger partial charge in [-0.05, 0) is 31.0 Å². The maximum absolute atomic E-state index is 12.4. The van der Waals surface area contributed by atoms with Crippen LogP contribution in [0.4, 0.5) is 0 Å². The summed E-state index contributed by atoms with van der Waals surface area (Å²) in [6, 6.07) is 6.82. The van der Waals surface area contributed by atoms with Gasteiger partial charge in [0.15, 0.2) is 0 Å². The van der Waals surface area contributed by atoms with Gasteiger partial charge in [0.1, 0.15) is 4.90 Å². The highest BCUT2D eigenvalue weighted by Gasteiger charge is 2.19. The predicted molar refractivity (Wildman–Crippen MR) is 85.0 cm³/mol. The minimum atomic E-state index is -3.79. The van der Waals surface area contributed by atoms with Gasteiger partial charge in [0.05, 0.1) is 12.1 Å². The molecule has 1 heterocycles. The number of hydrogen-bond donors (Lipinski definition) is 2. The van der Waals surface area contributed by atoms with Crippen molar-refractivity contribution < 1.29 is 13.2 Å². The van der Waals surface area contributed by atoms with E-state index < -0.39 is 10.0 Å². The Morgan fingerprint density at radius 2 is 2.09 bits per heavy atom. The van der Waals surface area contributed by atoms with Crippen LogP contribution < -0.4 is 10.0 Å². The number of carbonyl (C=O) groups excluding carboxylic acids is 1. The molecular formula is C15H19N3O3S. The highest BCUT2D eigenvalue weighted by atomic mass is 32.2. The molecule has 0 unspecified atom stereocenters. The summed E-state index contributed by atoms with van der Waals surface area (Å²) in [6.45, 7) is 4.05. The van der Waals surface area contributed by atoms with Gasteiger partial charge in [0, 0.05) is 18.1 Å². The van der Waals surface area contributed by atoms with Crippen molar-refractivity contribution in [2.24, 2.45) is 0 Å². The van der Waals surface area contributed by atoms with E-state index in [0.29, 0.717) is 12.1 Å². The number of nitrogens with zero attached hydrogens (tertiary/aromatic N) is 1. The molecule has 1 aromatic carbocycles. The second-order valence-electron chi connectivity index (χ2n) is 5.02. The van der Waals surface area contributed by atoms with Crippen molar-refractivity contribution in [2.45, 2.75) is 25.2 Å². The van der Waals surface area contributed by atoms with Gasteiger partial charge >= 0.3 is 0 Å². The van der Waals surface area contributed by atoms with Gasteiger partial charge in [-0.25, -0.2) is 13.1 Å². The van der Waals surface area contributed by atoms with Crippen LogP contribution in [0.1, 0.15) is 18.9 Å². The average molecular weight is 321 g/mol. The van der Waals surface area contributed by atoms with Gasteiger partial charge in [0.2, 0.25) is 15.9 Å². The third kappa shape index (κ3) is 3.80. The smallest absolute Gasteiger partial charge is 0.243 e. The molecule has 0 aliphatic heterocycles. The molecular weight excluding hydrogens is 302 g/mol. The first kappa shape index (κ1) is 16.4. The number of hydrogen-bond acceptors (Lipinski definition) is 4. The van der Waals surface area contributed by atoms with Gasteiger partial charge in [-0.2, -0.15) is 0 Å². The average Bonchev–Trinajstić information content (AvgIpc) is 2.50.